The van der Waals surface area contributed by atoms with Crippen LogP contribution in [0.1, 0.15) is 37.8 Å². The molecule has 0 aliphatic carbocycles. The molecule has 0 N–H and O–H groups in total. The minimum Gasteiger partial charge on any atom is -0.397 e. The van der Waals surface area contributed by atoms with Gasteiger partial charge in [0.05, 0.1) is 0 Å². The summed E-state index contributed by atoms with van der Waals surface area (Å²) in [5, 5.41) is 0. The SMILES string of the molecule is CCCc1ccc(S(OC(=O)C(F)(F)C(F)(F)C(F)(F)C(F)(F)C(F)(F)C(F)(F)C(F)(F)C(F)(F)C(F)(F)C(F)(F)C(F)(F)F)(c2ccccc2)c2ccc(CCC)cc2)cc1. The van der Waals surface area contributed by atoms with Crippen LogP contribution in [0.3, 0.4) is 0 Å². The largest absolute Gasteiger partial charge is 0.460 e. The molecule has 0 amide bonds. The van der Waals surface area contributed by atoms with E-state index in [1.807, 2.05) is 0 Å². The summed E-state index contributed by atoms with van der Waals surface area (Å²) in [6, 6.07) is 14.7. The Morgan fingerprint density at radius 3 is 0.968 bits per heavy atom. The summed E-state index contributed by atoms with van der Waals surface area (Å²) in [5.74, 6) is -94.5. The fourth-order valence-corrected chi connectivity index (χ4v) is 8.50. The smallest absolute Gasteiger partial charge is 0.397 e. The van der Waals surface area contributed by atoms with Crippen LogP contribution in [0.5, 0.6) is 0 Å². The van der Waals surface area contributed by atoms with Gasteiger partial charge in [-0.25, -0.2) is 4.79 Å². The van der Waals surface area contributed by atoms with Crippen molar-refractivity contribution in [2.75, 3.05) is 0 Å². The zero-order valence-electron chi connectivity index (χ0n) is 30.8. The molecule has 62 heavy (non-hydrogen) atoms. The van der Waals surface area contributed by atoms with Gasteiger partial charge in [-0.1, -0.05) is 69.2 Å². The van der Waals surface area contributed by atoms with Gasteiger partial charge in [0, 0.05) is 14.7 Å². The molecule has 26 heteroatoms. The van der Waals surface area contributed by atoms with E-state index in [-0.39, 0.29) is 0 Å². The molecule has 0 fully saturated rings. The molecule has 0 saturated carbocycles. The number of rotatable bonds is 18. The molecule has 3 aromatic carbocycles. The molecule has 2 nitrogen and oxygen atoms in total. The van der Waals surface area contributed by atoms with Gasteiger partial charge in [-0.15, -0.1) is 0 Å². The Balaban J connectivity index is 2.28. The second kappa shape index (κ2) is 16.5. The number of carbonyl (C=O) groups excluding carboxylic acids is 1. The highest BCUT2D eigenvalue weighted by molar-refractivity contribution is 8.30. The van der Waals surface area contributed by atoms with Crippen LogP contribution in [-0.2, 0) is 21.8 Å². The number of alkyl halides is 23. The number of aryl methyl sites for hydroxylation is 2. The third-order valence-electron chi connectivity index (χ3n) is 9.03. The standard InChI is InChI=1S/C36H27F23O2S/c1-3-8-20-12-16-23(17-13-20)62(22-10-6-5-7-11-22,24-18-14-21(9-4-2)15-19-24)61-25(60)26(37,38)27(39,40)28(41,42)29(43,44)30(45,46)31(47,48)32(49,50)33(51,52)34(53,54)35(55,56)36(57,58)59/h5-7,10-19H,3-4,8-9H2,1-2H3. The third-order valence-corrected chi connectivity index (χ3v) is 12.2. The van der Waals surface area contributed by atoms with E-state index >= 15 is 17.6 Å². The van der Waals surface area contributed by atoms with Crippen molar-refractivity contribution in [1.29, 1.82) is 0 Å². The van der Waals surface area contributed by atoms with E-state index in [1.165, 1.54) is 30.3 Å². The number of benzene rings is 3. The highest BCUT2D eigenvalue weighted by Gasteiger charge is 2.99. The van der Waals surface area contributed by atoms with Crippen molar-refractivity contribution in [3.05, 3.63) is 90.0 Å². The van der Waals surface area contributed by atoms with E-state index in [1.54, 1.807) is 13.8 Å². The first-order valence-electron chi connectivity index (χ1n) is 17.0. The van der Waals surface area contributed by atoms with Crippen molar-refractivity contribution in [3.63, 3.8) is 0 Å². The molecule has 0 atom stereocenters. The van der Waals surface area contributed by atoms with Gasteiger partial charge in [0.2, 0.25) is 0 Å². The Labute approximate surface area is 335 Å². The van der Waals surface area contributed by atoms with Gasteiger partial charge in [0.15, 0.2) is 0 Å². The van der Waals surface area contributed by atoms with Crippen molar-refractivity contribution in [2.24, 2.45) is 0 Å². The average Bonchev–Trinajstić information content (AvgIpc) is 3.17. The lowest BCUT2D eigenvalue weighted by molar-refractivity contribution is -0.477. The maximum atomic E-state index is 15.5. The maximum Gasteiger partial charge on any atom is 0.460 e. The first-order valence-corrected chi connectivity index (χ1v) is 18.5. The molecule has 0 spiro atoms. The summed E-state index contributed by atoms with van der Waals surface area (Å²) < 4.78 is 330. The molecule has 0 unspecified atom stereocenters. The van der Waals surface area contributed by atoms with Crippen LogP contribution in [-0.4, -0.2) is 71.4 Å². The second-order valence-electron chi connectivity index (χ2n) is 13.3. The van der Waals surface area contributed by atoms with Gasteiger partial charge in [0.1, 0.15) is 0 Å². The summed E-state index contributed by atoms with van der Waals surface area (Å²) in [6.07, 6.45) is -6.56. The van der Waals surface area contributed by atoms with Crippen LogP contribution < -0.4 is 0 Å². The summed E-state index contributed by atoms with van der Waals surface area (Å²) >= 11 is 0. The number of carbonyl (C=O) groups is 1. The van der Waals surface area contributed by atoms with Crippen LogP contribution in [0, 0.1) is 0 Å². The molecule has 3 aromatic rings. The summed E-state index contributed by atoms with van der Waals surface area (Å²) in [7, 11) is -4.40. The Morgan fingerprint density at radius 2 is 0.677 bits per heavy atom. The fourth-order valence-electron chi connectivity index (χ4n) is 5.49. The molecule has 0 heterocycles. The Hall–Kier alpha value is -4.13. The zero-order chi connectivity index (χ0) is 48.2. The van der Waals surface area contributed by atoms with Crippen molar-refractivity contribution < 1.29 is 110 Å². The van der Waals surface area contributed by atoms with E-state index in [2.05, 4.69) is 0 Å². The van der Waals surface area contributed by atoms with Crippen molar-refractivity contribution >= 4 is 16.3 Å². The quantitative estimate of drug-likeness (QED) is 0.119. The topological polar surface area (TPSA) is 26.3 Å². The van der Waals surface area contributed by atoms with Gasteiger partial charge < -0.3 is 4.18 Å². The first kappa shape index (κ1) is 52.2. The lowest BCUT2D eigenvalue weighted by atomic mass is 9.85. The van der Waals surface area contributed by atoms with E-state index in [0.29, 0.717) is 36.8 Å². The first-order chi connectivity index (χ1) is 27.8. The third kappa shape index (κ3) is 7.59. The highest BCUT2D eigenvalue weighted by Crippen LogP contribution is 2.71. The Kier molecular flexibility index (Phi) is 13.9. The molecule has 350 valence electrons. The van der Waals surface area contributed by atoms with E-state index in [9.17, 15) is 88.2 Å². The van der Waals surface area contributed by atoms with Crippen LogP contribution in [0.25, 0.3) is 0 Å². The predicted octanol–water partition coefficient (Wildman–Crippen LogP) is 14.2. The van der Waals surface area contributed by atoms with E-state index < -0.39 is 96.4 Å². The summed E-state index contributed by atoms with van der Waals surface area (Å²) in [5.41, 5.74) is 0.972. The fraction of sp³-hybridized carbons (Fsp3) is 0.472. The molecule has 0 aromatic heterocycles. The lowest BCUT2D eigenvalue weighted by Crippen LogP contribution is -2.78. The lowest BCUT2D eigenvalue weighted by Gasteiger charge is -2.45. The molecule has 3 rings (SSSR count). The van der Waals surface area contributed by atoms with Gasteiger partial charge in [0.25, 0.3) is 0 Å². The van der Waals surface area contributed by atoms with Crippen molar-refractivity contribution in [2.45, 2.75) is 120 Å². The predicted molar refractivity (Wildman–Crippen MR) is 171 cm³/mol. The Bertz CT molecular complexity index is 1960. The van der Waals surface area contributed by atoms with Crippen LogP contribution in [0.2, 0.25) is 0 Å². The minimum atomic E-state index is -9.56. The second-order valence-corrected chi connectivity index (χ2v) is 16.0. The van der Waals surface area contributed by atoms with Gasteiger partial charge in [-0.2, -0.15) is 101 Å². The van der Waals surface area contributed by atoms with Crippen LogP contribution >= 0.6 is 10.3 Å². The van der Waals surface area contributed by atoms with Crippen molar-refractivity contribution in [1.82, 2.24) is 0 Å². The maximum absolute atomic E-state index is 15.5. The zero-order valence-corrected chi connectivity index (χ0v) is 31.6. The van der Waals surface area contributed by atoms with E-state index in [4.69, 9.17) is 4.18 Å². The number of halogens is 23. The molecule has 0 bridgehead atoms. The van der Waals surface area contributed by atoms with Crippen molar-refractivity contribution in [3.8, 4) is 0 Å². The molecule has 0 radical (unpaired) electrons. The normalized spacial score (nSPS) is 15.1. The van der Waals surface area contributed by atoms with E-state index in [0.717, 1.165) is 48.5 Å². The van der Waals surface area contributed by atoms with Gasteiger partial charge in [-0.05, 0) is 70.7 Å². The Morgan fingerprint density at radius 1 is 0.403 bits per heavy atom. The number of hydrogen-bond donors (Lipinski definition) is 0. The number of hydrogen-bond acceptors (Lipinski definition) is 2. The molecule has 0 saturated heterocycles. The molecular formula is C36H27F23O2S. The van der Waals surface area contributed by atoms with Gasteiger partial charge >= 0.3 is 71.4 Å². The summed E-state index contributed by atoms with van der Waals surface area (Å²) in [4.78, 5) is 11.9. The molecule has 0 aliphatic heterocycles. The molecular weight excluding hydrogens is 933 g/mol. The minimum absolute atomic E-state index is 0.322. The monoisotopic (exact) mass is 960 g/mol. The van der Waals surface area contributed by atoms with Crippen LogP contribution in [0.15, 0.2) is 93.5 Å². The van der Waals surface area contributed by atoms with Gasteiger partial charge in [-0.3, -0.25) is 0 Å². The average molecular weight is 961 g/mol. The molecule has 0 aliphatic rings. The highest BCUT2D eigenvalue weighted by atomic mass is 32.3. The summed E-state index contributed by atoms with van der Waals surface area (Å²) in [6.45, 7) is 3.40. The van der Waals surface area contributed by atoms with Crippen LogP contribution in [0.4, 0.5) is 101 Å².